The average molecular weight is 488 g/mol. The van der Waals surface area contributed by atoms with Gasteiger partial charge in [0.15, 0.2) is 12.0 Å². The van der Waals surface area contributed by atoms with Crippen molar-refractivity contribution in [2.75, 3.05) is 6.61 Å². The average Bonchev–Trinajstić information content (AvgIpc) is 3.26. The minimum atomic E-state index is -6.55. The number of ether oxygens (including phenoxy) is 3. The molecule has 0 radical (unpaired) electrons. The van der Waals surface area contributed by atoms with Crippen LogP contribution in [0.2, 0.25) is 0 Å². The maximum Gasteiger partial charge on any atom is 0.460 e. The Morgan fingerprint density at radius 3 is 2.24 bits per heavy atom. The first-order valence-corrected chi connectivity index (χ1v) is 10.2. The van der Waals surface area contributed by atoms with E-state index in [0.717, 1.165) is 11.1 Å². The highest BCUT2D eigenvalue weighted by Gasteiger charge is 2.77. The van der Waals surface area contributed by atoms with Crippen molar-refractivity contribution in [1.82, 2.24) is 0 Å². The highest BCUT2D eigenvalue weighted by atomic mass is 19.4. The van der Waals surface area contributed by atoms with Crippen LogP contribution in [0.15, 0.2) is 23.0 Å². The van der Waals surface area contributed by atoms with E-state index in [1.54, 1.807) is 19.9 Å². The molecule has 1 heterocycles. The van der Waals surface area contributed by atoms with Crippen molar-refractivity contribution >= 4 is 11.9 Å². The maximum atomic E-state index is 13.6. The Hall–Kier alpha value is -2.27. The molecule has 5 atom stereocenters. The van der Waals surface area contributed by atoms with Gasteiger partial charge in [-0.2, -0.15) is 30.7 Å². The third kappa shape index (κ3) is 3.88. The summed E-state index contributed by atoms with van der Waals surface area (Å²) in [6.07, 6.45) is -6.26. The van der Waals surface area contributed by atoms with Crippen LogP contribution in [0.3, 0.4) is 0 Å². The van der Waals surface area contributed by atoms with E-state index in [1.165, 1.54) is 0 Å². The highest BCUT2D eigenvalue weighted by Crippen LogP contribution is 2.63. The number of allylic oxidation sites excluding steroid dienone is 3. The quantitative estimate of drug-likeness (QED) is 0.167. The SMILES string of the molecule is CC(C)=CC(OC1C2CC3C1OC(=O)C3(C(=O)OCC(F)(F)C(F)(F)C(F)(F)F)C2)=C(C)C. The normalized spacial score (nSPS) is 30.7. The molecule has 33 heavy (non-hydrogen) atoms. The van der Waals surface area contributed by atoms with Gasteiger partial charge in [-0.05, 0) is 52.2 Å². The fourth-order valence-corrected chi connectivity index (χ4v) is 4.72. The topological polar surface area (TPSA) is 61.8 Å². The Balaban J connectivity index is 1.76. The molecule has 1 saturated heterocycles. The summed E-state index contributed by atoms with van der Waals surface area (Å²) in [6.45, 7) is 4.78. The van der Waals surface area contributed by atoms with Gasteiger partial charge in [0.05, 0.1) is 0 Å². The van der Waals surface area contributed by atoms with Crippen LogP contribution >= 0.6 is 0 Å². The van der Waals surface area contributed by atoms with Gasteiger partial charge in [0, 0.05) is 11.8 Å². The molecule has 3 rings (SSSR count). The molecule has 3 fully saturated rings. The molecule has 2 bridgehead atoms. The first kappa shape index (κ1) is 25.4. The molecule has 2 saturated carbocycles. The number of hydrogen-bond acceptors (Lipinski definition) is 5. The summed E-state index contributed by atoms with van der Waals surface area (Å²) in [6, 6.07) is 0. The predicted molar refractivity (Wildman–Crippen MR) is 98.1 cm³/mol. The zero-order valence-electron chi connectivity index (χ0n) is 18.2. The molecule has 0 spiro atoms. The van der Waals surface area contributed by atoms with Gasteiger partial charge in [0.25, 0.3) is 0 Å². The number of carbonyl (C=O) groups is 2. The second-order valence-electron chi connectivity index (χ2n) is 9.17. The fraction of sp³-hybridized carbons (Fsp3) is 0.714. The fourth-order valence-electron chi connectivity index (χ4n) is 4.72. The van der Waals surface area contributed by atoms with E-state index in [9.17, 15) is 40.3 Å². The van der Waals surface area contributed by atoms with Crippen molar-refractivity contribution in [1.29, 1.82) is 0 Å². The summed E-state index contributed by atoms with van der Waals surface area (Å²) >= 11 is 0. The van der Waals surface area contributed by atoms with Gasteiger partial charge in [-0.1, -0.05) is 5.57 Å². The van der Waals surface area contributed by atoms with Crippen LogP contribution in [0.5, 0.6) is 0 Å². The molecule has 0 N–H and O–H groups in total. The Bertz CT molecular complexity index is 899. The van der Waals surface area contributed by atoms with Crippen molar-refractivity contribution in [3.63, 3.8) is 0 Å². The third-order valence-corrected chi connectivity index (χ3v) is 6.31. The van der Waals surface area contributed by atoms with E-state index in [2.05, 4.69) is 4.74 Å². The van der Waals surface area contributed by atoms with E-state index < -0.39 is 66.0 Å². The van der Waals surface area contributed by atoms with Gasteiger partial charge in [-0.15, -0.1) is 0 Å². The third-order valence-electron chi connectivity index (χ3n) is 6.31. The Kier molecular flexibility index (Phi) is 6.07. The zero-order chi connectivity index (χ0) is 25.1. The summed E-state index contributed by atoms with van der Waals surface area (Å²) in [5.74, 6) is -15.5. The lowest BCUT2D eigenvalue weighted by Gasteiger charge is -2.32. The molecule has 2 aliphatic carbocycles. The summed E-state index contributed by atoms with van der Waals surface area (Å²) in [7, 11) is 0. The molecular formula is C21H23F7O5. The minimum Gasteiger partial charge on any atom is -0.486 e. The second-order valence-corrected chi connectivity index (χ2v) is 9.17. The van der Waals surface area contributed by atoms with Gasteiger partial charge in [-0.3, -0.25) is 9.59 Å². The maximum absolute atomic E-state index is 13.6. The smallest absolute Gasteiger partial charge is 0.460 e. The zero-order valence-corrected chi connectivity index (χ0v) is 18.2. The summed E-state index contributed by atoms with van der Waals surface area (Å²) in [5, 5.41) is 0. The number of carbonyl (C=O) groups excluding carboxylic acids is 2. The molecule has 5 unspecified atom stereocenters. The predicted octanol–water partition coefficient (Wildman–Crippen LogP) is 4.96. The van der Waals surface area contributed by atoms with Crippen LogP contribution < -0.4 is 0 Å². The van der Waals surface area contributed by atoms with Crippen LogP contribution in [-0.4, -0.2) is 48.8 Å². The van der Waals surface area contributed by atoms with Crippen molar-refractivity contribution in [2.24, 2.45) is 17.3 Å². The largest absolute Gasteiger partial charge is 0.486 e. The van der Waals surface area contributed by atoms with E-state index in [1.807, 2.05) is 13.8 Å². The van der Waals surface area contributed by atoms with E-state index in [-0.39, 0.29) is 12.8 Å². The first-order chi connectivity index (χ1) is 15.0. The van der Waals surface area contributed by atoms with E-state index in [0.29, 0.717) is 5.76 Å². The molecule has 0 aromatic heterocycles. The number of esters is 2. The number of rotatable bonds is 7. The number of alkyl halides is 7. The molecule has 186 valence electrons. The first-order valence-electron chi connectivity index (χ1n) is 10.2. The van der Waals surface area contributed by atoms with Crippen LogP contribution in [0.4, 0.5) is 30.7 Å². The van der Waals surface area contributed by atoms with Crippen LogP contribution in [-0.2, 0) is 23.8 Å². The van der Waals surface area contributed by atoms with Crippen molar-refractivity contribution in [3.8, 4) is 0 Å². The summed E-state index contributed by atoms with van der Waals surface area (Å²) < 4.78 is 106. The van der Waals surface area contributed by atoms with Gasteiger partial charge in [-0.25, -0.2) is 0 Å². The van der Waals surface area contributed by atoms with Crippen molar-refractivity contribution < 1.29 is 54.5 Å². The number of hydrogen-bond donors (Lipinski definition) is 0. The van der Waals surface area contributed by atoms with Gasteiger partial charge in [0.2, 0.25) is 0 Å². The van der Waals surface area contributed by atoms with Gasteiger partial charge < -0.3 is 14.2 Å². The lowest BCUT2D eigenvalue weighted by atomic mass is 9.73. The molecule has 1 aliphatic heterocycles. The molecule has 0 aromatic rings. The number of fused-ring (bicyclic) bond motifs is 1. The molecule has 0 amide bonds. The second kappa shape index (κ2) is 7.90. The van der Waals surface area contributed by atoms with Crippen LogP contribution in [0, 0.1) is 17.3 Å². The van der Waals surface area contributed by atoms with Crippen molar-refractivity contribution in [3.05, 3.63) is 23.0 Å². The molecule has 0 aromatic carbocycles. The summed E-state index contributed by atoms with van der Waals surface area (Å²) in [5.41, 5.74) is -0.255. The highest BCUT2D eigenvalue weighted by molar-refractivity contribution is 6.03. The summed E-state index contributed by atoms with van der Waals surface area (Å²) in [4.78, 5) is 25.2. The van der Waals surface area contributed by atoms with Gasteiger partial charge >= 0.3 is 30.0 Å². The molecular weight excluding hydrogens is 465 g/mol. The van der Waals surface area contributed by atoms with E-state index >= 15 is 0 Å². The van der Waals surface area contributed by atoms with E-state index in [4.69, 9.17) is 9.47 Å². The molecule has 3 aliphatic rings. The van der Waals surface area contributed by atoms with Gasteiger partial charge in [0.1, 0.15) is 18.0 Å². The van der Waals surface area contributed by atoms with Crippen LogP contribution in [0.25, 0.3) is 0 Å². The molecule has 12 heteroatoms. The number of halogens is 7. The Morgan fingerprint density at radius 2 is 1.73 bits per heavy atom. The Labute approximate surface area is 184 Å². The minimum absolute atomic E-state index is 0.206. The lowest BCUT2D eigenvalue weighted by molar-refractivity contribution is -0.360. The standard InChI is InChI=1S/C21H23F7O5/c1-9(2)5-13(10(3)4)32-14-11-6-12-15(14)33-17(30)18(12,7-11)16(29)31-8-19(22,23)20(24,25)21(26,27)28/h5,11-12,14-15H,6-8H2,1-4H3. The van der Waals surface area contributed by atoms with Crippen LogP contribution in [0.1, 0.15) is 40.5 Å². The Morgan fingerprint density at radius 1 is 1.12 bits per heavy atom. The monoisotopic (exact) mass is 488 g/mol. The lowest BCUT2D eigenvalue weighted by Crippen LogP contribution is -2.55. The molecule has 5 nitrogen and oxygen atoms in total. The van der Waals surface area contributed by atoms with Crippen molar-refractivity contribution in [2.45, 2.75) is 70.8 Å².